The van der Waals surface area contributed by atoms with E-state index in [1.165, 1.54) is 0 Å². The lowest BCUT2D eigenvalue weighted by molar-refractivity contribution is 0.287. The van der Waals surface area contributed by atoms with Crippen molar-refractivity contribution in [3.05, 3.63) is 48.5 Å². The molecule has 25 heavy (non-hydrogen) atoms. The minimum atomic E-state index is 0. The van der Waals surface area contributed by atoms with Crippen LogP contribution in [0.4, 0.5) is 11.4 Å². The maximum atomic E-state index is 5.74. The third-order valence-corrected chi connectivity index (χ3v) is 3.86. The first kappa shape index (κ1) is 21.0. The van der Waals surface area contributed by atoms with Gasteiger partial charge in [-0.1, -0.05) is 0 Å². The molecule has 0 aromatic heterocycles. The van der Waals surface area contributed by atoms with Crippen LogP contribution in [0.2, 0.25) is 0 Å². The molecule has 2 N–H and O–H groups in total. The zero-order valence-electron chi connectivity index (χ0n) is 15.1. The highest BCUT2D eigenvalue weighted by Crippen LogP contribution is 2.17. The third-order valence-electron chi connectivity index (χ3n) is 3.86. The van der Waals surface area contributed by atoms with Crippen molar-refractivity contribution in [2.24, 2.45) is 0 Å². The Bertz CT molecular complexity index is 520. The van der Waals surface area contributed by atoms with Crippen molar-refractivity contribution in [3.8, 4) is 11.5 Å². The Labute approximate surface area is 157 Å². The molecular weight excluding hydrogens is 336 g/mol. The van der Waals surface area contributed by atoms with Crippen molar-refractivity contribution in [2.45, 2.75) is 25.7 Å². The number of hydrogen-bond donors (Lipinski definition) is 2. The second kappa shape index (κ2) is 12.3. The van der Waals surface area contributed by atoms with Gasteiger partial charge in [-0.25, -0.2) is 0 Å². The second-order valence-corrected chi connectivity index (χ2v) is 5.66. The molecule has 0 unspecified atom stereocenters. The van der Waals surface area contributed by atoms with E-state index in [4.69, 9.17) is 9.47 Å². The first-order valence-electron chi connectivity index (χ1n) is 8.63. The van der Waals surface area contributed by atoms with Gasteiger partial charge in [-0.2, -0.15) is 0 Å². The number of hydrogen-bond acceptors (Lipinski definition) is 4. The summed E-state index contributed by atoms with van der Waals surface area (Å²) in [5.74, 6) is 1.87. The Morgan fingerprint density at radius 1 is 0.600 bits per heavy atom. The molecule has 2 aromatic carbocycles. The molecule has 0 radical (unpaired) electrons. The summed E-state index contributed by atoms with van der Waals surface area (Å²) in [5.41, 5.74) is 2.20. The van der Waals surface area contributed by atoms with E-state index in [0.717, 1.165) is 61.8 Å². The smallest absolute Gasteiger partial charge is 0.119 e. The molecule has 0 heterocycles. The fourth-order valence-corrected chi connectivity index (χ4v) is 2.37. The summed E-state index contributed by atoms with van der Waals surface area (Å²) in [4.78, 5) is 0. The minimum absolute atomic E-state index is 0. The lowest BCUT2D eigenvalue weighted by atomic mass is 10.2. The van der Waals surface area contributed by atoms with Crippen molar-refractivity contribution in [1.29, 1.82) is 0 Å². The number of rotatable bonds is 11. The molecular formula is C20H29ClN2O2. The lowest BCUT2D eigenvalue weighted by Crippen LogP contribution is -2.00. The maximum Gasteiger partial charge on any atom is 0.119 e. The molecule has 0 bridgehead atoms. The fourth-order valence-electron chi connectivity index (χ4n) is 2.37. The zero-order chi connectivity index (χ0) is 17.0. The van der Waals surface area contributed by atoms with Crippen LogP contribution in [0.25, 0.3) is 0 Å². The molecule has 4 nitrogen and oxygen atoms in total. The van der Waals surface area contributed by atoms with E-state index >= 15 is 0 Å². The van der Waals surface area contributed by atoms with Crippen LogP contribution in [0.5, 0.6) is 11.5 Å². The summed E-state index contributed by atoms with van der Waals surface area (Å²) in [6, 6.07) is 16.1. The SMILES string of the molecule is CNc1ccc(OCCCCCCOc2ccc(NC)cc2)cc1.Cl. The normalized spacial score (nSPS) is 9.84. The molecule has 0 aliphatic rings. The summed E-state index contributed by atoms with van der Waals surface area (Å²) in [6.07, 6.45) is 4.47. The second-order valence-electron chi connectivity index (χ2n) is 5.66. The standard InChI is InChI=1S/C20H28N2O2.ClH/c1-21-17-7-11-19(12-8-17)23-15-5-3-4-6-16-24-20-13-9-18(22-2)10-14-20;/h7-14,21-22H,3-6,15-16H2,1-2H3;1H. The van der Waals surface area contributed by atoms with Crippen LogP contribution in [0.1, 0.15) is 25.7 Å². The van der Waals surface area contributed by atoms with Gasteiger partial charge in [-0.15, -0.1) is 12.4 Å². The van der Waals surface area contributed by atoms with Crippen LogP contribution >= 0.6 is 12.4 Å². The van der Waals surface area contributed by atoms with Crippen LogP contribution in [-0.4, -0.2) is 27.3 Å². The molecule has 2 rings (SSSR count). The Hall–Kier alpha value is -2.07. The molecule has 5 heteroatoms. The molecule has 0 fully saturated rings. The Balaban J connectivity index is 0.00000312. The van der Waals surface area contributed by atoms with E-state index in [-0.39, 0.29) is 12.4 Å². The van der Waals surface area contributed by atoms with Crippen LogP contribution in [0.3, 0.4) is 0 Å². The quantitative estimate of drug-likeness (QED) is 0.537. The van der Waals surface area contributed by atoms with E-state index in [1.54, 1.807) is 0 Å². The van der Waals surface area contributed by atoms with Crippen LogP contribution in [-0.2, 0) is 0 Å². The Morgan fingerprint density at radius 3 is 1.28 bits per heavy atom. The van der Waals surface area contributed by atoms with Gasteiger partial charge in [0.05, 0.1) is 13.2 Å². The predicted octanol–water partition coefficient (Wildman–Crippen LogP) is 5.21. The molecule has 0 aliphatic carbocycles. The maximum absolute atomic E-state index is 5.74. The van der Waals surface area contributed by atoms with E-state index in [2.05, 4.69) is 10.6 Å². The average Bonchev–Trinajstić information content (AvgIpc) is 2.65. The predicted molar refractivity (Wildman–Crippen MR) is 109 cm³/mol. The first-order chi connectivity index (χ1) is 11.8. The summed E-state index contributed by atoms with van der Waals surface area (Å²) < 4.78 is 11.5. The van der Waals surface area contributed by atoms with Gasteiger partial charge in [-0.05, 0) is 74.2 Å². The van der Waals surface area contributed by atoms with Gasteiger partial charge in [0.25, 0.3) is 0 Å². The van der Waals surface area contributed by atoms with Crippen LogP contribution in [0, 0.1) is 0 Å². The molecule has 0 aliphatic heterocycles. The molecule has 0 saturated carbocycles. The van der Waals surface area contributed by atoms with Crippen LogP contribution in [0.15, 0.2) is 48.5 Å². The summed E-state index contributed by atoms with van der Waals surface area (Å²) in [7, 11) is 3.83. The van der Waals surface area contributed by atoms with Gasteiger partial charge < -0.3 is 20.1 Å². The van der Waals surface area contributed by atoms with Crippen molar-refractivity contribution in [1.82, 2.24) is 0 Å². The minimum Gasteiger partial charge on any atom is -0.494 e. The van der Waals surface area contributed by atoms with Gasteiger partial charge >= 0.3 is 0 Å². The summed E-state index contributed by atoms with van der Waals surface area (Å²) in [5, 5.41) is 6.19. The van der Waals surface area contributed by atoms with Crippen LogP contribution < -0.4 is 20.1 Å². The molecule has 138 valence electrons. The number of ether oxygens (including phenoxy) is 2. The molecule has 0 spiro atoms. The van der Waals surface area contributed by atoms with Gasteiger partial charge in [0.2, 0.25) is 0 Å². The van der Waals surface area contributed by atoms with Gasteiger partial charge in [-0.3, -0.25) is 0 Å². The summed E-state index contributed by atoms with van der Waals surface area (Å²) >= 11 is 0. The first-order valence-corrected chi connectivity index (χ1v) is 8.63. The molecule has 0 atom stereocenters. The number of unbranched alkanes of at least 4 members (excludes halogenated alkanes) is 3. The number of benzene rings is 2. The highest BCUT2D eigenvalue weighted by Gasteiger charge is 1.97. The highest BCUT2D eigenvalue weighted by atomic mass is 35.5. The average molecular weight is 365 g/mol. The Morgan fingerprint density at radius 2 is 0.960 bits per heavy atom. The van der Waals surface area contributed by atoms with Gasteiger partial charge in [0.1, 0.15) is 11.5 Å². The van der Waals surface area contributed by atoms with Gasteiger partial charge in [0, 0.05) is 25.5 Å². The molecule has 0 amide bonds. The van der Waals surface area contributed by atoms with E-state index < -0.39 is 0 Å². The van der Waals surface area contributed by atoms with E-state index in [0.29, 0.717) is 0 Å². The van der Waals surface area contributed by atoms with Crippen molar-refractivity contribution < 1.29 is 9.47 Å². The fraction of sp³-hybridized carbons (Fsp3) is 0.400. The highest BCUT2D eigenvalue weighted by molar-refractivity contribution is 5.85. The van der Waals surface area contributed by atoms with Crippen molar-refractivity contribution in [3.63, 3.8) is 0 Å². The largest absolute Gasteiger partial charge is 0.494 e. The summed E-state index contributed by atoms with van der Waals surface area (Å²) in [6.45, 7) is 1.54. The Kier molecular flexibility index (Phi) is 10.3. The van der Waals surface area contributed by atoms with Crippen molar-refractivity contribution >= 4 is 23.8 Å². The number of nitrogens with one attached hydrogen (secondary N) is 2. The van der Waals surface area contributed by atoms with E-state index in [9.17, 15) is 0 Å². The topological polar surface area (TPSA) is 42.5 Å². The lowest BCUT2D eigenvalue weighted by Gasteiger charge is -2.08. The monoisotopic (exact) mass is 364 g/mol. The zero-order valence-corrected chi connectivity index (χ0v) is 15.9. The number of anilines is 2. The van der Waals surface area contributed by atoms with E-state index in [1.807, 2.05) is 62.6 Å². The van der Waals surface area contributed by atoms with Crippen molar-refractivity contribution in [2.75, 3.05) is 37.9 Å². The number of halogens is 1. The van der Waals surface area contributed by atoms with Gasteiger partial charge in [0.15, 0.2) is 0 Å². The molecule has 0 saturated heterocycles. The molecule has 2 aromatic rings. The third kappa shape index (κ3) is 8.03.